The molecule has 26 heavy (non-hydrogen) atoms. The van der Waals surface area contributed by atoms with Crippen molar-refractivity contribution < 1.29 is 9.50 Å². The zero-order valence-electron chi connectivity index (χ0n) is 15.4. The Kier molecular flexibility index (Phi) is 6.17. The van der Waals surface area contributed by atoms with Crippen molar-refractivity contribution in [3.05, 3.63) is 52.5 Å². The van der Waals surface area contributed by atoms with Crippen LogP contribution in [-0.2, 0) is 6.61 Å². The largest absolute Gasteiger partial charge is 0.392 e. The van der Waals surface area contributed by atoms with Gasteiger partial charge < -0.3 is 14.9 Å². The first-order valence-corrected chi connectivity index (χ1v) is 9.53. The van der Waals surface area contributed by atoms with Gasteiger partial charge in [-0.05, 0) is 36.7 Å². The first-order valence-electron chi connectivity index (χ1n) is 9.15. The second-order valence-electron chi connectivity index (χ2n) is 6.88. The van der Waals surface area contributed by atoms with E-state index in [9.17, 15) is 9.50 Å². The summed E-state index contributed by atoms with van der Waals surface area (Å²) in [6.45, 7) is 5.52. The molecule has 0 saturated carbocycles. The molecule has 1 heterocycles. The predicted octanol–water partition coefficient (Wildman–Crippen LogP) is 4.67. The van der Waals surface area contributed by atoms with E-state index in [1.807, 2.05) is 43.3 Å². The number of likely N-dealkylation sites (N-methyl/N-ethyl adjacent to an activating group) is 1. The van der Waals surface area contributed by atoms with Gasteiger partial charge in [-0.1, -0.05) is 42.8 Å². The molecule has 0 amide bonds. The third kappa shape index (κ3) is 3.88. The molecule has 5 heteroatoms. The van der Waals surface area contributed by atoms with Crippen LogP contribution in [-0.4, -0.2) is 43.2 Å². The third-order valence-corrected chi connectivity index (χ3v) is 5.55. The van der Waals surface area contributed by atoms with Crippen LogP contribution >= 0.6 is 11.6 Å². The summed E-state index contributed by atoms with van der Waals surface area (Å²) in [6.07, 6.45) is -0.720. The summed E-state index contributed by atoms with van der Waals surface area (Å²) in [5.74, 6) is 0. The van der Waals surface area contributed by atoms with Crippen LogP contribution in [0.1, 0.15) is 30.6 Å². The minimum Gasteiger partial charge on any atom is -0.392 e. The number of piperazine rings is 1. The van der Waals surface area contributed by atoms with Gasteiger partial charge in [-0.2, -0.15) is 0 Å². The average molecular weight is 377 g/mol. The average Bonchev–Trinajstić information content (AvgIpc) is 2.68. The number of anilines is 1. The molecular weight excluding hydrogens is 351 g/mol. The Morgan fingerprint density at radius 2 is 1.81 bits per heavy atom. The van der Waals surface area contributed by atoms with Gasteiger partial charge in [0.15, 0.2) is 0 Å². The van der Waals surface area contributed by atoms with Crippen molar-refractivity contribution in [3.8, 4) is 11.1 Å². The van der Waals surface area contributed by atoms with E-state index in [0.29, 0.717) is 17.0 Å². The van der Waals surface area contributed by atoms with Gasteiger partial charge in [0.2, 0.25) is 0 Å². The topological polar surface area (TPSA) is 26.7 Å². The minimum atomic E-state index is -1.10. The number of benzene rings is 2. The second kappa shape index (κ2) is 8.38. The van der Waals surface area contributed by atoms with E-state index in [4.69, 9.17) is 11.6 Å². The van der Waals surface area contributed by atoms with E-state index in [1.54, 1.807) is 0 Å². The van der Waals surface area contributed by atoms with Crippen LogP contribution in [0.15, 0.2) is 36.4 Å². The van der Waals surface area contributed by atoms with Gasteiger partial charge in [0, 0.05) is 43.0 Å². The van der Waals surface area contributed by atoms with Crippen LogP contribution in [0.3, 0.4) is 0 Å². The highest BCUT2D eigenvalue weighted by molar-refractivity contribution is 6.34. The Labute approximate surface area is 160 Å². The van der Waals surface area contributed by atoms with Crippen LogP contribution in [0.2, 0.25) is 5.02 Å². The van der Waals surface area contributed by atoms with E-state index in [2.05, 4.69) is 16.8 Å². The predicted molar refractivity (Wildman–Crippen MR) is 107 cm³/mol. The molecule has 0 spiro atoms. The quantitative estimate of drug-likeness (QED) is 0.821. The minimum absolute atomic E-state index is 0.0760. The highest BCUT2D eigenvalue weighted by Crippen LogP contribution is 2.41. The lowest BCUT2D eigenvalue weighted by atomic mass is 9.95. The zero-order valence-corrected chi connectivity index (χ0v) is 16.1. The maximum atomic E-state index is 14.7. The summed E-state index contributed by atoms with van der Waals surface area (Å²) in [7, 11) is 2.11. The molecular formula is C21H26ClFN2O. The molecule has 3 nitrogen and oxygen atoms in total. The van der Waals surface area contributed by atoms with E-state index in [1.165, 1.54) is 0 Å². The molecule has 1 saturated heterocycles. The van der Waals surface area contributed by atoms with E-state index in [-0.39, 0.29) is 6.61 Å². The summed E-state index contributed by atoms with van der Waals surface area (Å²) in [5.41, 5.74) is 3.98. The monoisotopic (exact) mass is 376 g/mol. The van der Waals surface area contributed by atoms with Gasteiger partial charge in [0.05, 0.1) is 11.6 Å². The molecule has 0 aliphatic carbocycles. The van der Waals surface area contributed by atoms with Crippen molar-refractivity contribution in [2.24, 2.45) is 0 Å². The Bertz CT molecular complexity index is 760. The van der Waals surface area contributed by atoms with Crippen molar-refractivity contribution in [2.75, 3.05) is 38.1 Å². The van der Waals surface area contributed by atoms with Gasteiger partial charge in [0.1, 0.15) is 6.17 Å². The van der Waals surface area contributed by atoms with Gasteiger partial charge in [0.25, 0.3) is 0 Å². The highest BCUT2D eigenvalue weighted by atomic mass is 35.5. The first-order chi connectivity index (χ1) is 12.5. The molecule has 0 radical (unpaired) electrons. The van der Waals surface area contributed by atoms with Gasteiger partial charge in [-0.25, -0.2) is 4.39 Å². The van der Waals surface area contributed by atoms with Crippen LogP contribution in [0.25, 0.3) is 11.1 Å². The molecule has 1 aliphatic rings. The van der Waals surface area contributed by atoms with Gasteiger partial charge >= 0.3 is 0 Å². The zero-order chi connectivity index (χ0) is 18.7. The molecule has 140 valence electrons. The number of alkyl halides is 1. The molecule has 1 unspecified atom stereocenters. The van der Waals surface area contributed by atoms with Crippen molar-refractivity contribution in [3.63, 3.8) is 0 Å². The first kappa shape index (κ1) is 19.2. The maximum absolute atomic E-state index is 14.7. The Morgan fingerprint density at radius 3 is 2.46 bits per heavy atom. The second-order valence-corrected chi connectivity index (χ2v) is 7.26. The smallest absolute Gasteiger partial charge is 0.126 e. The number of aliphatic hydroxyl groups is 1. The summed E-state index contributed by atoms with van der Waals surface area (Å²) in [4.78, 5) is 4.58. The number of nitrogens with zero attached hydrogens (tertiary/aromatic N) is 2. The highest BCUT2D eigenvalue weighted by Gasteiger charge is 2.22. The summed E-state index contributed by atoms with van der Waals surface area (Å²) in [6, 6.07) is 11.5. The molecule has 0 aromatic heterocycles. The van der Waals surface area contributed by atoms with Crippen LogP contribution in [0.4, 0.5) is 10.1 Å². The van der Waals surface area contributed by atoms with Crippen molar-refractivity contribution in [1.29, 1.82) is 0 Å². The fraction of sp³-hybridized carbons (Fsp3) is 0.429. The Balaban J connectivity index is 2.12. The molecule has 1 N–H and O–H groups in total. The van der Waals surface area contributed by atoms with Crippen molar-refractivity contribution in [2.45, 2.75) is 26.1 Å². The third-order valence-electron chi connectivity index (χ3n) is 5.13. The summed E-state index contributed by atoms with van der Waals surface area (Å²) in [5, 5.41) is 10.2. The molecule has 1 atom stereocenters. The van der Waals surface area contributed by atoms with Crippen LogP contribution in [0.5, 0.6) is 0 Å². The molecule has 2 aromatic carbocycles. The summed E-state index contributed by atoms with van der Waals surface area (Å²) < 4.78 is 14.7. The maximum Gasteiger partial charge on any atom is 0.126 e. The molecule has 1 aliphatic heterocycles. The van der Waals surface area contributed by atoms with Crippen molar-refractivity contribution in [1.82, 2.24) is 4.90 Å². The number of rotatable bonds is 5. The van der Waals surface area contributed by atoms with E-state index in [0.717, 1.165) is 48.6 Å². The lowest BCUT2D eigenvalue weighted by molar-refractivity contribution is 0.282. The van der Waals surface area contributed by atoms with E-state index < -0.39 is 6.17 Å². The Hall–Kier alpha value is -1.62. The lowest BCUT2D eigenvalue weighted by Crippen LogP contribution is -2.44. The molecule has 3 rings (SSSR count). The lowest BCUT2D eigenvalue weighted by Gasteiger charge is -2.35. The fourth-order valence-corrected chi connectivity index (χ4v) is 3.77. The Morgan fingerprint density at radius 1 is 1.12 bits per heavy atom. The molecule has 2 aromatic rings. The number of hydrogen-bond donors (Lipinski definition) is 1. The van der Waals surface area contributed by atoms with Crippen LogP contribution in [0, 0.1) is 0 Å². The molecule has 1 fully saturated rings. The van der Waals surface area contributed by atoms with Gasteiger partial charge in [-0.3, -0.25) is 0 Å². The number of aliphatic hydroxyl groups excluding tert-OH is 1. The number of halogens is 2. The normalized spacial score (nSPS) is 16.7. The molecule has 0 bridgehead atoms. The fourth-order valence-electron chi connectivity index (χ4n) is 3.44. The van der Waals surface area contributed by atoms with Crippen molar-refractivity contribution >= 4 is 17.3 Å². The SMILES string of the molecule is CCC(F)c1cc(N2CCN(C)CC2)cc(-c2ccccc2CO)c1Cl. The van der Waals surface area contributed by atoms with Gasteiger partial charge in [-0.15, -0.1) is 0 Å². The van der Waals surface area contributed by atoms with E-state index >= 15 is 0 Å². The standard InChI is InChI=1S/C21H26ClFN2O/c1-3-20(23)19-13-16(25-10-8-24(2)9-11-25)12-18(21(19)22)17-7-5-4-6-15(17)14-26/h4-7,12-13,20,26H,3,8-11,14H2,1-2H3. The van der Waals surface area contributed by atoms with Crippen LogP contribution < -0.4 is 4.90 Å². The number of hydrogen-bond acceptors (Lipinski definition) is 3. The summed E-state index contributed by atoms with van der Waals surface area (Å²) >= 11 is 6.63.